The molecule has 0 aliphatic heterocycles. The minimum absolute atomic E-state index is 0.442. The summed E-state index contributed by atoms with van der Waals surface area (Å²) in [7, 11) is 0. The maximum Gasteiger partial charge on any atom is 0.129 e. The van der Waals surface area contributed by atoms with Gasteiger partial charge in [0.2, 0.25) is 0 Å². The molecule has 0 saturated heterocycles. The average Bonchev–Trinajstić information content (AvgIpc) is 1.95. The van der Waals surface area contributed by atoms with Gasteiger partial charge in [0.1, 0.15) is 5.15 Å². The van der Waals surface area contributed by atoms with E-state index in [-0.39, 0.29) is 0 Å². The third kappa shape index (κ3) is 1.91. The van der Waals surface area contributed by atoms with Crippen LogP contribution in [0.1, 0.15) is 11.1 Å². The molecule has 11 heavy (non-hydrogen) atoms. The molecule has 0 amide bonds. The molecule has 1 rings (SSSR count). The smallest absolute Gasteiger partial charge is 0.129 e. The standard InChI is InChI=1S/C7H7ClN2O/c1-5-2-7(8)9-3-6(5)4-10-11/h2-4,11H,1H3/b10-4+. The van der Waals surface area contributed by atoms with Crippen molar-refractivity contribution in [1.29, 1.82) is 0 Å². The van der Waals surface area contributed by atoms with Crippen LogP contribution in [0.5, 0.6) is 0 Å². The Bertz CT molecular complexity index is 286. The van der Waals surface area contributed by atoms with Crippen LogP contribution in [0, 0.1) is 6.92 Å². The summed E-state index contributed by atoms with van der Waals surface area (Å²) in [6, 6.07) is 1.71. The highest BCUT2D eigenvalue weighted by Gasteiger charge is 1.96. The maximum atomic E-state index is 8.22. The van der Waals surface area contributed by atoms with Crippen molar-refractivity contribution in [3.63, 3.8) is 0 Å². The molecule has 58 valence electrons. The van der Waals surface area contributed by atoms with Crippen molar-refractivity contribution < 1.29 is 5.21 Å². The lowest BCUT2D eigenvalue weighted by molar-refractivity contribution is 0.322. The summed E-state index contributed by atoms with van der Waals surface area (Å²) < 4.78 is 0. The van der Waals surface area contributed by atoms with Crippen LogP contribution in [0.15, 0.2) is 17.4 Å². The van der Waals surface area contributed by atoms with Crippen molar-refractivity contribution in [3.8, 4) is 0 Å². The first-order valence-electron chi connectivity index (χ1n) is 3.03. The van der Waals surface area contributed by atoms with Gasteiger partial charge in [-0.3, -0.25) is 0 Å². The lowest BCUT2D eigenvalue weighted by Gasteiger charge is -1.96. The number of halogens is 1. The normalized spacial score (nSPS) is 10.7. The Kier molecular flexibility index (Phi) is 2.44. The predicted octanol–water partition coefficient (Wildman–Crippen LogP) is 1.85. The van der Waals surface area contributed by atoms with E-state index in [1.54, 1.807) is 12.3 Å². The zero-order valence-electron chi connectivity index (χ0n) is 5.95. The molecule has 1 heterocycles. The second-order valence-corrected chi connectivity index (χ2v) is 2.50. The molecular weight excluding hydrogens is 164 g/mol. The third-order valence-corrected chi connectivity index (χ3v) is 1.52. The van der Waals surface area contributed by atoms with Crippen LogP contribution in [-0.4, -0.2) is 16.4 Å². The average molecular weight is 171 g/mol. The maximum absolute atomic E-state index is 8.22. The number of nitrogens with zero attached hydrogens (tertiary/aromatic N) is 2. The summed E-state index contributed by atoms with van der Waals surface area (Å²) in [5, 5.41) is 11.6. The summed E-state index contributed by atoms with van der Waals surface area (Å²) in [6.45, 7) is 1.87. The van der Waals surface area contributed by atoms with Gasteiger partial charge in [0.25, 0.3) is 0 Å². The molecule has 0 aliphatic carbocycles. The number of aromatic nitrogens is 1. The number of hydrogen-bond donors (Lipinski definition) is 1. The second kappa shape index (κ2) is 3.34. The van der Waals surface area contributed by atoms with E-state index in [1.165, 1.54) is 6.21 Å². The van der Waals surface area contributed by atoms with Gasteiger partial charge in [0.05, 0.1) is 6.21 Å². The molecule has 1 N–H and O–H groups in total. The Labute approximate surface area is 69.3 Å². The first kappa shape index (κ1) is 8.01. The first-order chi connectivity index (χ1) is 5.24. The van der Waals surface area contributed by atoms with E-state index in [9.17, 15) is 0 Å². The van der Waals surface area contributed by atoms with Crippen molar-refractivity contribution in [2.24, 2.45) is 5.16 Å². The van der Waals surface area contributed by atoms with E-state index in [0.717, 1.165) is 11.1 Å². The molecule has 0 aromatic carbocycles. The van der Waals surface area contributed by atoms with Crippen LogP contribution < -0.4 is 0 Å². The molecule has 0 saturated carbocycles. The SMILES string of the molecule is Cc1cc(Cl)ncc1/C=N/O. The van der Waals surface area contributed by atoms with Crippen LogP contribution in [0.25, 0.3) is 0 Å². The summed E-state index contributed by atoms with van der Waals surface area (Å²) >= 11 is 5.60. The Morgan fingerprint density at radius 2 is 2.45 bits per heavy atom. The molecular formula is C7H7ClN2O. The zero-order valence-corrected chi connectivity index (χ0v) is 6.71. The monoisotopic (exact) mass is 170 g/mol. The summed E-state index contributed by atoms with van der Waals surface area (Å²) in [5.41, 5.74) is 1.69. The van der Waals surface area contributed by atoms with Crippen molar-refractivity contribution in [1.82, 2.24) is 4.98 Å². The van der Waals surface area contributed by atoms with Gasteiger partial charge in [-0.25, -0.2) is 4.98 Å². The van der Waals surface area contributed by atoms with E-state index < -0.39 is 0 Å². The Morgan fingerprint density at radius 3 is 3.00 bits per heavy atom. The van der Waals surface area contributed by atoms with Crippen LogP contribution >= 0.6 is 11.6 Å². The van der Waals surface area contributed by atoms with E-state index >= 15 is 0 Å². The minimum Gasteiger partial charge on any atom is -0.411 e. The van der Waals surface area contributed by atoms with Crippen molar-refractivity contribution in [3.05, 3.63) is 28.5 Å². The van der Waals surface area contributed by atoms with E-state index in [4.69, 9.17) is 16.8 Å². The number of oxime groups is 1. The minimum atomic E-state index is 0.442. The molecule has 1 aromatic heterocycles. The molecule has 4 heteroatoms. The lowest BCUT2D eigenvalue weighted by Crippen LogP contribution is -1.88. The Morgan fingerprint density at radius 1 is 1.73 bits per heavy atom. The number of pyridine rings is 1. The lowest BCUT2D eigenvalue weighted by atomic mass is 10.2. The topological polar surface area (TPSA) is 45.5 Å². The summed E-state index contributed by atoms with van der Waals surface area (Å²) in [5.74, 6) is 0. The molecule has 0 bridgehead atoms. The number of aryl methyl sites for hydroxylation is 1. The van der Waals surface area contributed by atoms with Crippen molar-refractivity contribution in [2.75, 3.05) is 0 Å². The van der Waals surface area contributed by atoms with Gasteiger partial charge < -0.3 is 5.21 Å². The van der Waals surface area contributed by atoms with Gasteiger partial charge in [0.15, 0.2) is 0 Å². The van der Waals surface area contributed by atoms with Gasteiger partial charge in [-0.15, -0.1) is 0 Å². The fourth-order valence-electron chi connectivity index (χ4n) is 0.730. The molecule has 0 atom stereocenters. The highest BCUT2D eigenvalue weighted by Crippen LogP contribution is 2.09. The zero-order chi connectivity index (χ0) is 8.27. The summed E-state index contributed by atoms with van der Waals surface area (Å²) in [4.78, 5) is 3.82. The van der Waals surface area contributed by atoms with E-state index in [0.29, 0.717) is 5.15 Å². The number of hydrogen-bond acceptors (Lipinski definition) is 3. The fourth-order valence-corrected chi connectivity index (χ4v) is 0.942. The Hall–Kier alpha value is -1.09. The molecule has 0 fully saturated rings. The van der Waals surface area contributed by atoms with E-state index in [2.05, 4.69) is 10.1 Å². The van der Waals surface area contributed by atoms with Crippen LogP contribution in [-0.2, 0) is 0 Å². The van der Waals surface area contributed by atoms with Gasteiger partial charge >= 0.3 is 0 Å². The van der Waals surface area contributed by atoms with Crippen LogP contribution in [0.4, 0.5) is 0 Å². The quantitative estimate of drug-likeness (QED) is 0.303. The van der Waals surface area contributed by atoms with Crippen LogP contribution in [0.2, 0.25) is 5.15 Å². The largest absolute Gasteiger partial charge is 0.411 e. The van der Waals surface area contributed by atoms with Crippen LogP contribution in [0.3, 0.4) is 0 Å². The molecule has 0 unspecified atom stereocenters. The first-order valence-corrected chi connectivity index (χ1v) is 3.41. The fraction of sp³-hybridized carbons (Fsp3) is 0.143. The number of rotatable bonds is 1. The summed E-state index contributed by atoms with van der Waals surface area (Å²) in [6.07, 6.45) is 2.87. The van der Waals surface area contributed by atoms with Gasteiger partial charge in [-0.05, 0) is 18.6 Å². The van der Waals surface area contributed by atoms with Gasteiger partial charge in [-0.1, -0.05) is 16.8 Å². The molecule has 0 radical (unpaired) electrons. The van der Waals surface area contributed by atoms with Crippen molar-refractivity contribution in [2.45, 2.75) is 6.92 Å². The molecule has 3 nitrogen and oxygen atoms in total. The van der Waals surface area contributed by atoms with Gasteiger partial charge in [-0.2, -0.15) is 0 Å². The Balaban J connectivity index is 3.09. The molecule has 1 aromatic rings. The highest BCUT2D eigenvalue weighted by molar-refractivity contribution is 6.29. The highest BCUT2D eigenvalue weighted by atomic mass is 35.5. The second-order valence-electron chi connectivity index (χ2n) is 2.11. The predicted molar refractivity (Wildman–Crippen MR) is 43.4 cm³/mol. The third-order valence-electron chi connectivity index (χ3n) is 1.31. The molecule has 0 aliphatic rings. The van der Waals surface area contributed by atoms with E-state index in [1.807, 2.05) is 6.92 Å². The molecule has 0 spiro atoms. The van der Waals surface area contributed by atoms with Gasteiger partial charge in [0, 0.05) is 11.8 Å². The van der Waals surface area contributed by atoms with Crippen molar-refractivity contribution >= 4 is 17.8 Å².